The molecule has 0 aliphatic carbocycles. The smallest absolute Gasteiger partial charge is 0.338 e. The van der Waals surface area contributed by atoms with Crippen LogP contribution in [0.15, 0.2) is 121 Å². The summed E-state index contributed by atoms with van der Waals surface area (Å²) in [6.45, 7) is 14.5. The number of para-hydroxylation sites is 1. The van der Waals surface area contributed by atoms with E-state index >= 15 is 0 Å². The van der Waals surface area contributed by atoms with Gasteiger partial charge in [-0.1, -0.05) is 112 Å². The average molecular weight is 447 g/mol. The van der Waals surface area contributed by atoms with E-state index in [0.29, 0.717) is 23.5 Å². The third kappa shape index (κ3) is 15.5. The van der Waals surface area contributed by atoms with E-state index in [2.05, 4.69) is 13.2 Å². The standard InChI is InChI=1S/C11H12O2.C10H10O2.C6H6.C2H6/c1-9(2)11(12)13-8-10-6-4-3-5-7-10;1-8(2)10(11)12-9-6-4-3-5-7-9;1-2-4-6-5-3-1;1-2/h3-7H,1,8H2,2H3;3-7H,1H2,2H3;1-6H;1-2H3. The SMILES string of the molecule is C=C(C)C(=O)OCc1ccccc1.C=C(C)C(=O)Oc1ccccc1.CC.c1ccccc1. The highest BCUT2D eigenvalue weighted by atomic mass is 16.5. The lowest BCUT2D eigenvalue weighted by atomic mass is 10.2. The van der Waals surface area contributed by atoms with Gasteiger partial charge in [0, 0.05) is 11.1 Å². The Kier molecular flexibility index (Phi) is 16.6. The highest BCUT2D eigenvalue weighted by Gasteiger charge is 2.03. The molecular weight excluding hydrogens is 412 g/mol. The lowest BCUT2D eigenvalue weighted by Crippen LogP contribution is -2.07. The van der Waals surface area contributed by atoms with E-state index in [0.717, 1.165) is 5.56 Å². The van der Waals surface area contributed by atoms with Gasteiger partial charge in [0.2, 0.25) is 0 Å². The highest BCUT2D eigenvalue weighted by molar-refractivity contribution is 5.88. The van der Waals surface area contributed by atoms with Gasteiger partial charge in [-0.05, 0) is 31.5 Å². The van der Waals surface area contributed by atoms with E-state index in [-0.39, 0.29) is 11.9 Å². The molecule has 0 radical (unpaired) electrons. The average Bonchev–Trinajstić information content (AvgIpc) is 2.86. The van der Waals surface area contributed by atoms with Gasteiger partial charge in [-0.25, -0.2) is 9.59 Å². The first-order valence-corrected chi connectivity index (χ1v) is 10.7. The van der Waals surface area contributed by atoms with Gasteiger partial charge in [-0.2, -0.15) is 0 Å². The Bertz CT molecular complexity index is 906. The highest BCUT2D eigenvalue weighted by Crippen LogP contribution is 2.09. The first-order chi connectivity index (χ1) is 15.9. The van der Waals surface area contributed by atoms with Crippen molar-refractivity contribution in [2.24, 2.45) is 0 Å². The summed E-state index contributed by atoms with van der Waals surface area (Å²) >= 11 is 0. The molecule has 0 fully saturated rings. The number of carbonyl (C=O) groups excluding carboxylic acids is 2. The molecule has 0 spiro atoms. The Balaban J connectivity index is 0.000000472. The van der Waals surface area contributed by atoms with Crippen LogP contribution in [-0.2, 0) is 20.9 Å². The molecule has 0 amide bonds. The summed E-state index contributed by atoms with van der Waals surface area (Å²) < 4.78 is 9.89. The first-order valence-electron chi connectivity index (χ1n) is 10.7. The van der Waals surface area contributed by atoms with Gasteiger partial charge in [0.15, 0.2) is 0 Å². The Morgan fingerprint density at radius 1 is 0.636 bits per heavy atom. The number of esters is 2. The second kappa shape index (κ2) is 18.8. The van der Waals surface area contributed by atoms with Crippen molar-refractivity contribution in [3.63, 3.8) is 0 Å². The number of carbonyl (C=O) groups is 2. The van der Waals surface area contributed by atoms with E-state index in [4.69, 9.17) is 9.47 Å². The van der Waals surface area contributed by atoms with Crippen molar-refractivity contribution in [3.05, 3.63) is 127 Å². The van der Waals surface area contributed by atoms with E-state index < -0.39 is 0 Å². The van der Waals surface area contributed by atoms with Crippen molar-refractivity contribution in [2.45, 2.75) is 34.3 Å². The van der Waals surface area contributed by atoms with Crippen molar-refractivity contribution >= 4 is 11.9 Å². The monoisotopic (exact) mass is 446 g/mol. The lowest BCUT2D eigenvalue weighted by molar-refractivity contribution is -0.140. The summed E-state index contributed by atoms with van der Waals surface area (Å²) in [4.78, 5) is 22.0. The molecule has 0 N–H and O–H groups in total. The zero-order valence-corrected chi connectivity index (χ0v) is 20.0. The van der Waals surface area contributed by atoms with Crippen molar-refractivity contribution in [1.82, 2.24) is 0 Å². The fraction of sp³-hybridized carbons (Fsp3) is 0.172. The topological polar surface area (TPSA) is 52.6 Å². The quantitative estimate of drug-likeness (QED) is 0.236. The fourth-order valence-corrected chi connectivity index (χ4v) is 1.91. The third-order valence-corrected chi connectivity index (χ3v) is 3.53. The number of ether oxygens (including phenoxy) is 2. The van der Waals surface area contributed by atoms with Gasteiger partial charge < -0.3 is 9.47 Å². The minimum atomic E-state index is -0.388. The summed E-state index contributed by atoms with van der Waals surface area (Å²) in [6.07, 6.45) is 0. The molecular formula is C29H34O4. The predicted molar refractivity (Wildman–Crippen MR) is 136 cm³/mol. The van der Waals surface area contributed by atoms with E-state index in [1.54, 1.807) is 38.1 Å². The number of benzene rings is 3. The maximum atomic E-state index is 11.0. The Hall–Kier alpha value is -3.92. The van der Waals surface area contributed by atoms with Crippen LogP contribution < -0.4 is 4.74 Å². The second-order valence-corrected chi connectivity index (χ2v) is 6.48. The Morgan fingerprint density at radius 2 is 1.00 bits per heavy atom. The van der Waals surface area contributed by atoms with Crippen molar-refractivity contribution in [2.75, 3.05) is 0 Å². The molecule has 3 rings (SSSR count). The van der Waals surface area contributed by atoms with Crippen molar-refractivity contribution in [1.29, 1.82) is 0 Å². The maximum absolute atomic E-state index is 11.0. The van der Waals surface area contributed by atoms with Crippen molar-refractivity contribution in [3.8, 4) is 5.75 Å². The summed E-state index contributed by atoms with van der Waals surface area (Å²) in [5.41, 5.74) is 1.81. The van der Waals surface area contributed by atoms with E-state index in [1.165, 1.54) is 0 Å². The molecule has 0 heterocycles. The minimum absolute atomic E-state index is 0.312. The third-order valence-electron chi connectivity index (χ3n) is 3.53. The largest absolute Gasteiger partial charge is 0.457 e. The first kappa shape index (κ1) is 29.1. The molecule has 3 aromatic carbocycles. The Morgan fingerprint density at radius 3 is 1.39 bits per heavy atom. The van der Waals surface area contributed by atoms with Crippen LogP contribution in [0, 0.1) is 0 Å². The van der Waals surface area contributed by atoms with Crippen LogP contribution in [0.4, 0.5) is 0 Å². The molecule has 0 aromatic heterocycles. The summed E-state index contributed by atoms with van der Waals surface area (Å²) in [7, 11) is 0. The van der Waals surface area contributed by atoms with Crippen LogP contribution in [-0.4, -0.2) is 11.9 Å². The van der Waals surface area contributed by atoms with Crippen molar-refractivity contribution < 1.29 is 19.1 Å². The molecule has 174 valence electrons. The Labute approximate surface area is 198 Å². The fourth-order valence-electron chi connectivity index (χ4n) is 1.91. The van der Waals surface area contributed by atoms with Gasteiger partial charge >= 0.3 is 11.9 Å². The van der Waals surface area contributed by atoms with Crippen LogP contribution in [0.25, 0.3) is 0 Å². The maximum Gasteiger partial charge on any atom is 0.338 e. The summed E-state index contributed by atoms with van der Waals surface area (Å²) in [6, 6.07) is 30.5. The molecule has 0 saturated carbocycles. The molecule has 4 heteroatoms. The van der Waals surface area contributed by atoms with Gasteiger partial charge in [-0.15, -0.1) is 0 Å². The molecule has 0 saturated heterocycles. The molecule has 0 bridgehead atoms. The predicted octanol–water partition coefficient (Wildman–Crippen LogP) is 7.19. The molecule has 33 heavy (non-hydrogen) atoms. The molecule has 0 unspecified atom stereocenters. The number of hydrogen-bond donors (Lipinski definition) is 0. The molecule has 0 aliphatic heterocycles. The number of hydrogen-bond acceptors (Lipinski definition) is 4. The van der Waals surface area contributed by atoms with Crippen LogP contribution in [0.3, 0.4) is 0 Å². The zero-order chi connectivity index (χ0) is 24.9. The van der Waals surface area contributed by atoms with E-state index in [9.17, 15) is 9.59 Å². The lowest BCUT2D eigenvalue weighted by Gasteiger charge is -2.03. The molecule has 4 nitrogen and oxygen atoms in total. The second-order valence-electron chi connectivity index (χ2n) is 6.48. The van der Waals surface area contributed by atoms with E-state index in [1.807, 2.05) is 86.6 Å². The number of rotatable bonds is 5. The van der Waals surface area contributed by atoms with Gasteiger partial charge in [0.1, 0.15) is 12.4 Å². The minimum Gasteiger partial charge on any atom is -0.457 e. The zero-order valence-electron chi connectivity index (χ0n) is 20.0. The normalized spacial score (nSPS) is 8.61. The van der Waals surface area contributed by atoms with Crippen LogP contribution >= 0.6 is 0 Å². The van der Waals surface area contributed by atoms with Gasteiger partial charge in [0.25, 0.3) is 0 Å². The van der Waals surface area contributed by atoms with Gasteiger partial charge in [0.05, 0.1) is 0 Å². The van der Waals surface area contributed by atoms with Crippen LogP contribution in [0.5, 0.6) is 5.75 Å². The molecule has 0 aliphatic rings. The molecule has 3 aromatic rings. The van der Waals surface area contributed by atoms with Crippen LogP contribution in [0.1, 0.15) is 33.3 Å². The summed E-state index contributed by atoms with van der Waals surface area (Å²) in [5, 5.41) is 0. The van der Waals surface area contributed by atoms with Crippen LogP contribution in [0.2, 0.25) is 0 Å². The van der Waals surface area contributed by atoms with Gasteiger partial charge in [-0.3, -0.25) is 0 Å². The summed E-state index contributed by atoms with van der Waals surface area (Å²) in [5.74, 6) is -0.185. The molecule has 0 atom stereocenters.